The summed E-state index contributed by atoms with van der Waals surface area (Å²) < 4.78 is 5.89. The van der Waals surface area contributed by atoms with Gasteiger partial charge in [0.2, 0.25) is 11.8 Å². The molecule has 1 aliphatic heterocycles. The van der Waals surface area contributed by atoms with Crippen LogP contribution in [-0.2, 0) is 11.3 Å². The van der Waals surface area contributed by atoms with E-state index in [0.29, 0.717) is 18.3 Å². The van der Waals surface area contributed by atoms with Crippen LogP contribution in [0, 0.1) is 11.8 Å². The van der Waals surface area contributed by atoms with Gasteiger partial charge in [0.25, 0.3) is 0 Å². The van der Waals surface area contributed by atoms with Crippen molar-refractivity contribution in [3.05, 3.63) is 48.3 Å². The van der Waals surface area contributed by atoms with Crippen molar-refractivity contribution in [1.82, 2.24) is 15.3 Å². The number of hydrogen-bond acceptors (Lipinski definition) is 5. The molecule has 1 saturated carbocycles. The highest BCUT2D eigenvalue weighted by molar-refractivity contribution is 5.79. The SMILES string of the molecule is O=C(NCc1ccccc1)C1CCN(c2cncc(OCC3CCCC3)n2)CC1. The first-order valence-electron chi connectivity index (χ1n) is 10.8. The molecule has 0 radical (unpaired) electrons. The Morgan fingerprint density at radius 1 is 1.07 bits per heavy atom. The van der Waals surface area contributed by atoms with Gasteiger partial charge in [-0.15, -0.1) is 0 Å². The molecular formula is C23H30N4O2. The van der Waals surface area contributed by atoms with E-state index in [0.717, 1.165) is 43.9 Å². The molecule has 1 saturated heterocycles. The van der Waals surface area contributed by atoms with E-state index in [1.807, 2.05) is 30.3 Å². The number of piperidine rings is 1. The number of carbonyl (C=O) groups excluding carboxylic acids is 1. The quantitative estimate of drug-likeness (QED) is 0.777. The molecule has 1 amide bonds. The number of anilines is 1. The Balaban J connectivity index is 1.24. The standard InChI is InChI=1S/C23H30N4O2/c28-23(25-14-18-6-2-1-3-7-18)20-10-12-27(13-11-20)21-15-24-16-22(26-21)29-17-19-8-4-5-9-19/h1-3,6-7,15-16,19-20H,4-5,8-14,17H2,(H,25,28). The molecule has 1 aromatic heterocycles. The molecule has 29 heavy (non-hydrogen) atoms. The van der Waals surface area contributed by atoms with Crippen LogP contribution in [0.1, 0.15) is 44.1 Å². The maximum Gasteiger partial charge on any atom is 0.234 e. The predicted molar refractivity (Wildman–Crippen MR) is 113 cm³/mol. The lowest BCUT2D eigenvalue weighted by molar-refractivity contribution is -0.125. The van der Waals surface area contributed by atoms with E-state index < -0.39 is 0 Å². The van der Waals surface area contributed by atoms with Crippen LogP contribution < -0.4 is 15.0 Å². The lowest BCUT2D eigenvalue weighted by atomic mass is 9.96. The largest absolute Gasteiger partial charge is 0.476 e. The third kappa shape index (κ3) is 5.46. The molecule has 6 nitrogen and oxygen atoms in total. The number of carbonyl (C=O) groups is 1. The zero-order chi connectivity index (χ0) is 19.9. The van der Waals surface area contributed by atoms with E-state index >= 15 is 0 Å². The summed E-state index contributed by atoms with van der Waals surface area (Å²) in [5.41, 5.74) is 1.13. The zero-order valence-corrected chi connectivity index (χ0v) is 16.9. The Bertz CT molecular complexity index is 784. The lowest BCUT2D eigenvalue weighted by Gasteiger charge is -2.32. The number of benzene rings is 1. The van der Waals surface area contributed by atoms with Crippen LogP contribution in [0.15, 0.2) is 42.7 Å². The highest BCUT2D eigenvalue weighted by Gasteiger charge is 2.26. The summed E-state index contributed by atoms with van der Waals surface area (Å²) in [5.74, 6) is 2.32. The summed E-state index contributed by atoms with van der Waals surface area (Å²) in [4.78, 5) is 23.7. The van der Waals surface area contributed by atoms with Crippen molar-refractivity contribution in [3.8, 4) is 5.88 Å². The Morgan fingerprint density at radius 2 is 1.83 bits per heavy atom. The molecule has 4 rings (SSSR count). The first kappa shape index (κ1) is 19.7. The summed E-state index contributed by atoms with van der Waals surface area (Å²) >= 11 is 0. The van der Waals surface area contributed by atoms with Crippen LogP contribution in [0.2, 0.25) is 0 Å². The summed E-state index contributed by atoms with van der Waals surface area (Å²) in [6.45, 7) is 2.95. The first-order chi connectivity index (χ1) is 14.3. The molecule has 0 spiro atoms. The van der Waals surface area contributed by atoms with Crippen molar-refractivity contribution in [2.24, 2.45) is 11.8 Å². The second kappa shape index (κ2) is 9.72. The van der Waals surface area contributed by atoms with Crippen LogP contribution in [0.25, 0.3) is 0 Å². The minimum absolute atomic E-state index is 0.0599. The van der Waals surface area contributed by atoms with Gasteiger partial charge in [-0.05, 0) is 37.2 Å². The van der Waals surface area contributed by atoms with Gasteiger partial charge in [-0.2, -0.15) is 4.98 Å². The van der Waals surface area contributed by atoms with Crippen molar-refractivity contribution in [1.29, 1.82) is 0 Å². The summed E-state index contributed by atoms with van der Waals surface area (Å²) in [7, 11) is 0. The lowest BCUT2D eigenvalue weighted by Crippen LogP contribution is -2.40. The Hall–Kier alpha value is -2.63. The molecule has 1 aromatic carbocycles. The van der Waals surface area contributed by atoms with Gasteiger partial charge in [0, 0.05) is 25.6 Å². The van der Waals surface area contributed by atoms with Crippen molar-refractivity contribution in [2.45, 2.75) is 45.1 Å². The molecular weight excluding hydrogens is 364 g/mol. The number of ether oxygens (including phenoxy) is 1. The highest BCUT2D eigenvalue weighted by Crippen LogP contribution is 2.26. The summed E-state index contributed by atoms with van der Waals surface area (Å²) in [6.07, 6.45) is 10.3. The molecule has 6 heteroatoms. The molecule has 0 unspecified atom stereocenters. The minimum atomic E-state index is 0.0599. The Kier molecular flexibility index (Phi) is 6.60. The van der Waals surface area contributed by atoms with Crippen LogP contribution in [0.5, 0.6) is 5.88 Å². The van der Waals surface area contributed by atoms with Gasteiger partial charge in [-0.1, -0.05) is 43.2 Å². The van der Waals surface area contributed by atoms with Gasteiger partial charge < -0.3 is 15.0 Å². The fraction of sp³-hybridized carbons (Fsp3) is 0.522. The average molecular weight is 395 g/mol. The van der Waals surface area contributed by atoms with Crippen LogP contribution >= 0.6 is 0 Å². The molecule has 2 aromatic rings. The monoisotopic (exact) mass is 394 g/mol. The molecule has 0 atom stereocenters. The summed E-state index contributed by atoms with van der Waals surface area (Å²) in [6, 6.07) is 10.0. The fourth-order valence-corrected chi connectivity index (χ4v) is 4.24. The van der Waals surface area contributed by atoms with Crippen LogP contribution in [-0.4, -0.2) is 35.6 Å². The van der Waals surface area contributed by atoms with Crippen LogP contribution in [0.3, 0.4) is 0 Å². The van der Waals surface area contributed by atoms with Gasteiger partial charge >= 0.3 is 0 Å². The topological polar surface area (TPSA) is 67.4 Å². The average Bonchev–Trinajstić information content (AvgIpc) is 3.31. The Morgan fingerprint density at radius 3 is 2.59 bits per heavy atom. The third-order valence-electron chi connectivity index (χ3n) is 6.04. The van der Waals surface area contributed by atoms with Gasteiger partial charge in [-0.3, -0.25) is 9.78 Å². The number of hydrogen-bond donors (Lipinski definition) is 1. The van der Waals surface area contributed by atoms with E-state index in [1.54, 1.807) is 12.4 Å². The van der Waals surface area contributed by atoms with Gasteiger partial charge in [0.05, 0.1) is 19.0 Å². The number of nitrogens with one attached hydrogen (secondary N) is 1. The van der Waals surface area contributed by atoms with Crippen molar-refractivity contribution >= 4 is 11.7 Å². The van der Waals surface area contributed by atoms with Gasteiger partial charge in [0.1, 0.15) is 0 Å². The Labute approximate surface area is 172 Å². The maximum absolute atomic E-state index is 12.5. The molecule has 1 N–H and O–H groups in total. The normalized spacial score (nSPS) is 18.0. The fourth-order valence-electron chi connectivity index (χ4n) is 4.24. The van der Waals surface area contributed by atoms with E-state index in [9.17, 15) is 4.79 Å². The highest BCUT2D eigenvalue weighted by atomic mass is 16.5. The number of nitrogens with zero attached hydrogens (tertiary/aromatic N) is 3. The van der Waals surface area contributed by atoms with Crippen molar-refractivity contribution in [3.63, 3.8) is 0 Å². The number of amides is 1. The summed E-state index contributed by atoms with van der Waals surface area (Å²) in [5, 5.41) is 3.07. The second-order valence-electron chi connectivity index (χ2n) is 8.14. The molecule has 1 aliphatic carbocycles. The smallest absolute Gasteiger partial charge is 0.234 e. The maximum atomic E-state index is 12.5. The number of rotatable bonds is 7. The van der Waals surface area contributed by atoms with E-state index in [4.69, 9.17) is 4.74 Å². The minimum Gasteiger partial charge on any atom is -0.476 e. The van der Waals surface area contributed by atoms with Crippen LogP contribution in [0.4, 0.5) is 5.82 Å². The molecule has 154 valence electrons. The van der Waals surface area contributed by atoms with Crippen molar-refractivity contribution < 1.29 is 9.53 Å². The van der Waals surface area contributed by atoms with Gasteiger partial charge in [-0.25, -0.2) is 0 Å². The van der Waals surface area contributed by atoms with E-state index in [2.05, 4.69) is 20.2 Å². The molecule has 2 fully saturated rings. The second-order valence-corrected chi connectivity index (χ2v) is 8.14. The predicted octanol–water partition coefficient (Wildman–Crippen LogP) is 3.58. The number of aromatic nitrogens is 2. The van der Waals surface area contributed by atoms with Gasteiger partial charge in [0.15, 0.2) is 5.82 Å². The van der Waals surface area contributed by atoms with Crippen molar-refractivity contribution in [2.75, 3.05) is 24.6 Å². The molecule has 2 aliphatic rings. The molecule has 0 bridgehead atoms. The molecule has 2 heterocycles. The van der Waals surface area contributed by atoms with E-state index in [-0.39, 0.29) is 11.8 Å². The van der Waals surface area contributed by atoms with E-state index in [1.165, 1.54) is 25.7 Å². The third-order valence-corrected chi connectivity index (χ3v) is 6.04. The first-order valence-corrected chi connectivity index (χ1v) is 10.8. The zero-order valence-electron chi connectivity index (χ0n) is 16.9.